The molecule has 4 nitrogen and oxygen atoms in total. The van der Waals surface area contributed by atoms with Gasteiger partial charge in [0.25, 0.3) is 0 Å². The molecular formula is C19H20ClNO3. The van der Waals surface area contributed by atoms with Crippen molar-refractivity contribution in [3.8, 4) is 0 Å². The number of benzene rings is 1. The Morgan fingerprint density at radius 2 is 1.88 bits per heavy atom. The van der Waals surface area contributed by atoms with E-state index in [1.54, 1.807) is 19.1 Å². The Kier molecular flexibility index (Phi) is 4.50. The molecule has 0 aromatic heterocycles. The molecule has 3 rings (SSSR count). The minimum atomic E-state index is -0.406. The first-order valence-corrected chi connectivity index (χ1v) is 8.39. The Morgan fingerprint density at radius 3 is 2.46 bits per heavy atom. The number of fused-ring (bicyclic) bond motifs is 1. The number of ether oxygens (including phenoxy) is 1. The number of carbonyl (C=O) groups is 2. The summed E-state index contributed by atoms with van der Waals surface area (Å²) in [6.45, 7) is 4.34. The lowest BCUT2D eigenvalue weighted by atomic mass is 9.78. The van der Waals surface area contributed by atoms with Crippen LogP contribution in [-0.2, 0) is 14.3 Å². The first-order valence-electron chi connectivity index (χ1n) is 8.01. The van der Waals surface area contributed by atoms with Gasteiger partial charge in [-0.3, -0.25) is 4.79 Å². The minimum Gasteiger partial charge on any atom is -0.466 e. The Labute approximate surface area is 146 Å². The Balaban J connectivity index is 2.25. The van der Waals surface area contributed by atoms with Crippen molar-refractivity contribution < 1.29 is 14.3 Å². The average molecular weight is 346 g/mol. The van der Waals surface area contributed by atoms with E-state index in [9.17, 15) is 9.59 Å². The molecular weight excluding hydrogens is 326 g/mol. The number of rotatable bonds is 3. The highest BCUT2D eigenvalue weighted by molar-refractivity contribution is 6.30. The molecule has 0 amide bonds. The van der Waals surface area contributed by atoms with Crippen LogP contribution in [-0.4, -0.2) is 30.3 Å². The molecule has 0 spiro atoms. The van der Waals surface area contributed by atoms with Gasteiger partial charge >= 0.3 is 5.97 Å². The van der Waals surface area contributed by atoms with Crippen LogP contribution in [0.5, 0.6) is 0 Å². The largest absolute Gasteiger partial charge is 0.466 e. The van der Waals surface area contributed by atoms with E-state index in [2.05, 4.69) is 4.90 Å². The first kappa shape index (κ1) is 16.8. The quantitative estimate of drug-likeness (QED) is 0.781. The fourth-order valence-corrected chi connectivity index (χ4v) is 3.91. The Hall–Kier alpha value is -2.07. The summed E-state index contributed by atoms with van der Waals surface area (Å²) in [6.07, 6.45) is 1.78. The summed E-state index contributed by atoms with van der Waals surface area (Å²) in [5.41, 5.74) is 4.02. The van der Waals surface area contributed by atoms with Gasteiger partial charge in [0.05, 0.1) is 12.7 Å². The molecule has 1 unspecified atom stereocenters. The van der Waals surface area contributed by atoms with E-state index < -0.39 is 5.92 Å². The number of ketones is 1. The van der Waals surface area contributed by atoms with Crippen LogP contribution in [0.2, 0.25) is 5.02 Å². The highest BCUT2D eigenvalue weighted by Gasteiger charge is 2.41. The van der Waals surface area contributed by atoms with Crippen LogP contribution in [0, 0.1) is 0 Å². The van der Waals surface area contributed by atoms with Gasteiger partial charge in [-0.05, 0) is 44.4 Å². The van der Waals surface area contributed by atoms with Crippen LogP contribution in [0.1, 0.15) is 38.2 Å². The summed E-state index contributed by atoms with van der Waals surface area (Å²) in [7, 11) is 1.38. The lowest BCUT2D eigenvalue weighted by Gasteiger charge is -2.35. The van der Waals surface area contributed by atoms with E-state index in [0.29, 0.717) is 16.2 Å². The summed E-state index contributed by atoms with van der Waals surface area (Å²) >= 11 is 6.00. The lowest BCUT2D eigenvalue weighted by molar-refractivity contribution is -0.136. The fraction of sp³-hybridized carbons (Fsp3) is 0.368. The molecule has 1 aromatic carbocycles. The predicted octanol–water partition coefficient (Wildman–Crippen LogP) is 3.82. The smallest absolute Gasteiger partial charge is 0.336 e. The SMILES string of the molecule is COC(=O)C1=C2CCCN2C(C)=C(C(C)=O)C1c1ccc(Cl)cc1. The van der Waals surface area contributed by atoms with Crippen molar-refractivity contribution in [2.24, 2.45) is 0 Å². The van der Waals surface area contributed by atoms with Crippen LogP contribution < -0.4 is 0 Å². The summed E-state index contributed by atoms with van der Waals surface area (Å²) in [6, 6.07) is 7.31. The number of esters is 1. The normalized spacial score (nSPS) is 20.3. The zero-order valence-electron chi connectivity index (χ0n) is 14.1. The molecule has 2 heterocycles. The summed E-state index contributed by atoms with van der Waals surface area (Å²) in [4.78, 5) is 27.1. The van der Waals surface area contributed by atoms with E-state index in [1.807, 2.05) is 19.1 Å². The van der Waals surface area contributed by atoms with E-state index in [0.717, 1.165) is 36.3 Å². The molecule has 1 atom stereocenters. The van der Waals surface area contributed by atoms with Crippen molar-refractivity contribution >= 4 is 23.4 Å². The van der Waals surface area contributed by atoms with Gasteiger partial charge in [-0.2, -0.15) is 0 Å². The van der Waals surface area contributed by atoms with Crippen molar-refractivity contribution in [3.63, 3.8) is 0 Å². The average Bonchev–Trinajstić information content (AvgIpc) is 3.04. The van der Waals surface area contributed by atoms with E-state index >= 15 is 0 Å². The maximum absolute atomic E-state index is 12.6. The van der Waals surface area contributed by atoms with Crippen LogP contribution in [0.3, 0.4) is 0 Å². The van der Waals surface area contributed by atoms with Gasteiger partial charge in [0.2, 0.25) is 0 Å². The van der Waals surface area contributed by atoms with Gasteiger partial charge in [0.1, 0.15) is 0 Å². The van der Waals surface area contributed by atoms with Crippen LogP contribution in [0.15, 0.2) is 46.8 Å². The van der Waals surface area contributed by atoms with Gasteiger partial charge in [-0.1, -0.05) is 23.7 Å². The fourth-order valence-electron chi connectivity index (χ4n) is 3.78. The number of hydrogen-bond acceptors (Lipinski definition) is 4. The molecule has 126 valence electrons. The number of hydrogen-bond donors (Lipinski definition) is 0. The van der Waals surface area contributed by atoms with Crippen molar-refractivity contribution in [1.82, 2.24) is 4.90 Å². The number of halogens is 1. The third-order valence-electron chi connectivity index (χ3n) is 4.79. The number of carbonyl (C=O) groups excluding carboxylic acids is 2. The molecule has 24 heavy (non-hydrogen) atoms. The topological polar surface area (TPSA) is 46.6 Å². The molecule has 0 radical (unpaired) electrons. The van der Waals surface area contributed by atoms with Gasteiger partial charge < -0.3 is 9.64 Å². The van der Waals surface area contributed by atoms with Crippen LogP contribution in [0.4, 0.5) is 0 Å². The van der Waals surface area contributed by atoms with Crippen molar-refractivity contribution in [2.75, 3.05) is 13.7 Å². The predicted molar refractivity (Wildman–Crippen MR) is 92.6 cm³/mol. The van der Waals surface area contributed by atoms with Crippen molar-refractivity contribution in [3.05, 3.63) is 57.4 Å². The summed E-state index contributed by atoms with van der Waals surface area (Å²) in [5.74, 6) is -0.806. The molecule has 0 saturated carbocycles. The number of allylic oxidation sites excluding steroid dienone is 3. The highest BCUT2D eigenvalue weighted by Crippen LogP contribution is 2.46. The summed E-state index contributed by atoms with van der Waals surface area (Å²) < 4.78 is 5.05. The maximum atomic E-state index is 12.6. The van der Waals surface area contributed by atoms with Crippen molar-refractivity contribution in [1.29, 1.82) is 0 Å². The first-order chi connectivity index (χ1) is 11.5. The van der Waals surface area contributed by atoms with E-state index in [-0.39, 0.29) is 11.8 Å². The van der Waals surface area contributed by atoms with E-state index in [1.165, 1.54) is 7.11 Å². The molecule has 0 bridgehead atoms. The zero-order valence-corrected chi connectivity index (χ0v) is 14.8. The van der Waals surface area contributed by atoms with Crippen LogP contribution >= 0.6 is 11.6 Å². The minimum absolute atomic E-state index is 0.0280. The molecule has 0 aliphatic carbocycles. The van der Waals surface area contributed by atoms with Crippen LogP contribution in [0.25, 0.3) is 0 Å². The third-order valence-corrected chi connectivity index (χ3v) is 5.04. The lowest BCUT2D eigenvalue weighted by Crippen LogP contribution is -2.32. The Morgan fingerprint density at radius 1 is 1.21 bits per heavy atom. The number of Topliss-reactive ketones (excluding diaryl/α,β-unsaturated/α-hetero) is 1. The molecule has 2 aliphatic heterocycles. The number of methoxy groups -OCH3 is 1. The standard InChI is InChI=1S/C19H20ClNO3/c1-11-16(12(2)22)17(13-6-8-14(20)9-7-13)18(19(23)24-3)15-5-4-10-21(11)15/h6-9,17H,4-5,10H2,1-3H3. The Bertz CT molecular complexity index is 761. The third kappa shape index (κ3) is 2.65. The maximum Gasteiger partial charge on any atom is 0.336 e. The molecule has 1 aromatic rings. The van der Waals surface area contributed by atoms with Gasteiger partial charge in [-0.15, -0.1) is 0 Å². The molecule has 1 fully saturated rings. The van der Waals surface area contributed by atoms with Gasteiger partial charge in [0.15, 0.2) is 5.78 Å². The monoisotopic (exact) mass is 345 g/mol. The second-order valence-corrected chi connectivity index (χ2v) is 6.58. The second kappa shape index (κ2) is 6.44. The molecule has 2 aliphatic rings. The number of nitrogens with zero attached hydrogens (tertiary/aromatic N) is 1. The molecule has 5 heteroatoms. The van der Waals surface area contributed by atoms with Gasteiger partial charge in [-0.25, -0.2) is 4.79 Å². The second-order valence-electron chi connectivity index (χ2n) is 6.15. The van der Waals surface area contributed by atoms with E-state index in [4.69, 9.17) is 16.3 Å². The molecule has 1 saturated heterocycles. The zero-order chi connectivity index (χ0) is 17.4. The highest BCUT2D eigenvalue weighted by atomic mass is 35.5. The summed E-state index contributed by atoms with van der Waals surface area (Å²) in [5, 5.41) is 0.620. The van der Waals surface area contributed by atoms with Crippen molar-refractivity contribution in [2.45, 2.75) is 32.6 Å². The molecule has 0 N–H and O–H groups in total. The van der Waals surface area contributed by atoms with Gasteiger partial charge in [0, 0.05) is 34.5 Å².